The molecule has 0 N–H and O–H groups in total. The summed E-state index contributed by atoms with van der Waals surface area (Å²) in [6, 6.07) is 21.1. The van der Waals surface area contributed by atoms with E-state index in [0.29, 0.717) is 22.7 Å². The lowest BCUT2D eigenvalue weighted by molar-refractivity contribution is -0.385. The molecular formula is C24H16F4N12O8. The number of nitrogens with zero attached hydrogens (tertiary/aromatic N) is 12. The quantitative estimate of drug-likeness (QED) is 0.0875. The maximum absolute atomic E-state index is 10.1. The Labute approximate surface area is 263 Å². The topological polar surface area (TPSA) is 285 Å². The summed E-state index contributed by atoms with van der Waals surface area (Å²) in [5.74, 6) is 0. The first kappa shape index (κ1) is 46.8. The van der Waals surface area contributed by atoms with Gasteiger partial charge in [-0.05, 0) is 0 Å². The summed E-state index contributed by atoms with van der Waals surface area (Å²) >= 11 is 0. The van der Waals surface area contributed by atoms with E-state index in [-0.39, 0.29) is 41.6 Å². The predicted octanol–water partition coefficient (Wildman–Crippen LogP) is -3.67. The van der Waals surface area contributed by atoms with Gasteiger partial charge in [-0.25, -0.2) is 0 Å². The van der Waals surface area contributed by atoms with Gasteiger partial charge in [-0.15, -0.1) is 0 Å². The van der Waals surface area contributed by atoms with Crippen molar-refractivity contribution in [1.29, 1.82) is 21.6 Å². The van der Waals surface area contributed by atoms with Crippen LogP contribution in [0, 0.1) is 62.0 Å². The number of nitro groups is 4. The second-order valence-electron chi connectivity index (χ2n) is 7.49. The van der Waals surface area contributed by atoms with E-state index in [1.807, 2.05) is 0 Å². The van der Waals surface area contributed by atoms with E-state index in [0.717, 1.165) is 0 Å². The zero-order valence-electron chi connectivity index (χ0n) is 23.4. The Kier molecular flexibility index (Phi) is 23.7. The highest BCUT2D eigenvalue weighted by Crippen LogP contribution is 2.19. The highest BCUT2D eigenvalue weighted by atomic mass is 19.0. The molecule has 0 aromatic heterocycles. The maximum atomic E-state index is 10.1. The Hall–Kier alpha value is -8.12. The molecule has 0 saturated carbocycles. The van der Waals surface area contributed by atoms with Crippen LogP contribution in [0.25, 0.3) is 19.9 Å². The third-order valence-corrected chi connectivity index (χ3v) is 4.70. The highest BCUT2D eigenvalue weighted by Gasteiger charge is 2.11. The SMILES string of the molecule is N#[N+]c1ccc([N+](=O)[O-])cc1.N#[N+]c1ccc([N+](=O)[O-])cc1.N#[N+]c1ccc([N+](=O)[O-])cc1.N#[N+]c1ccc([N+](=O)[O-])cc1.[F-].[F-].[F-].[F-]. The van der Waals surface area contributed by atoms with E-state index in [1.54, 1.807) is 0 Å². The molecule has 20 nitrogen and oxygen atoms in total. The van der Waals surface area contributed by atoms with Gasteiger partial charge in [0.25, 0.3) is 22.7 Å². The number of non-ortho nitro benzene ring substituents is 4. The van der Waals surface area contributed by atoms with Crippen molar-refractivity contribution in [2.24, 2.45) is 0 Å². The van der Waals surface area contributed by atoms with Gasteiger partial charge < -0.3 is 18.8 Å². The third-order valence-electron chi connectivity index (χ3n) is 4.70. The van der Waals surface area contributed by atoms with Crippen LogP contribution in [0.1, 0.15) is 0 Å². The number of diazo groups is 4. The summed E-state index contributed by atoms with van der Waals surface area (Å²) in [6.07, 6.45) is 0. The summed E-state index contributed by atoms with van der Waals surface area (Å²) in [4.78, 5) is 49.8. The van der Waals surface area contributed by atoms with E-state index in [4.69, 9.17) is 21.6 Å². The molecule has 0 unspecified atom stereocenters. The molecule has 0 aliphatic rings. The summed E-state index contributed by atoms with van der Waals surface area (Å²) in [5, 5.41) is 73.3. The van der Waals surface area contributed by atoms with Gasteiger partial charge >= 0.3 is 22.7 Å². The minimum Gasteiger partial charge on any atom is -1.00 e. The Morgan fingerprint density at radius 3 is 0.542 bits per heavy atom. The lowest BCUT2D eigenvalue weighted by Gasteiger charge is -1.84. The van der Waals surface area contributed by atoms with Crippen molar-refractivity contribution in [3.05, 3.63) is 157 Å². The molecule has 4 aromatic rings. The van der Waals surface area contributed by atoms with Crippen molar-refractivity contribution in [2.45, 2.75) is 0 Å². The van der Waals surface area contributed by atoms with Crippen LogP contribution in [-0.4, -0.2) is 19.7 Å². The lowest BCUT2D eigenvalue weighted by atomic mass is 10.3. The highest BCUT2D eigenvalue weighted by molar-refractivity contribution is 5.50. The number of hydrogen-bond donors (Lipinski definition) is 0. The summed E-state index contributed by atoms with van der Waals surface area (Å²) < 4.78 is 0. The van der Waals surface area contributed by atoms with Gasteiger partial charge in [-0.2, -0.15) is 0 Å². The number of halogens is 4. The first-order valence-corrected chi connectivity index (χ1v) is 11.3. The van der Waals surface area contributed by atoms with Gasteiger partial charge in [0, 0.05) is 97.1 Å². The average molecular weight is 676 g/mol. The number of nitro benzene ring substituents is 4. The van der Waals surface area contributed by atoms with Gasteiger partial charge in [0.15, 0.2) is 19.9 Å². The summed E-state index contributed by atoms with van der Waals surface area (Å²) in [5.41, 5.74) is 1.14. The van der Waals surface area contributed by atoms with Gasteiger partial charge in [-0.3, -0.25) is 40.5 Å². The normalized spacial score (nSPS) is 7.92. The van der Waals surface area contributed by atoms with E-state index in [9.17, 15) is 40.5 Å². The second kappa shape index (κ2) is 24.3. The maximum Gasteiger partial charge on any atom is 0.385 e. The minimum atomic E-state index is -0.513. The van der Waals surface area contributed by atoms with E-state index >= 15 is 0 Å². The van der Waals surface area contributed by atoms with Crippen molar-refractivity contribution in [3.63, 3.8) is 0 Å². The van der Waals surface area contributed by atoms with Crippen molar-refractivity contribution in [1.82, 2.24) is 0 Å². The summed E-state index contributed by atoms with van der Waals surface area (Å²) in [6.45, 7) is 0. The van der Waals surface area contributed by atoms with E-state index in [2.05, 4.69) is 19.9 Å². The monoisotopic (exact) mass is 676 g/mol. The smallest absolute Gasteiger partial charge is 0.385 e. The molecule has 0 radical (unpaired) electrons. The van der Waals surface area contributed by atoms with Crippen LogP contribution < -0.4 is 18.8 Å². The lowest BCUT2D eigenvalue weighted by Crippen LogP contribution is -3.00. The van der Waals surface area contributed by atoms with E-state index in [1.165, 1.54) is 97.1 Å². The van der Waals surface area contributed by atoms with Gasteiger partial charge in [0.05, 0.1) is 19.7 Å². The molecule has 0 amide bonds. The first-order chi connectivity index (χ1) is 20.9. The molecule has 0 atom stereocenters. The third kappa shape index (κ3) is 16.5. The fourth-order valence-corrected chi connectivity index (χ4v) is 2.56. The van der Waals surface area contributed by atoms with Crippen LogP contribution in [0.15, 0.2) is 97.1 Å². The Balaban J connectivity index is -0.000000262. The summed E-state index contributed by atoms with van der Waals surface area (Å²) in [7, 11) is 0. The number of rotatable bonds is 4. The predicted molar refractivity (Wildman–Crippen MR) is 151 cm³/mol. The molecule has 0 heterocycles. The van der Waals surface area contributed by atoms with E-state index < -0.39 is 19.7 Å². The molecule has 0 spiro atoms. The number of hydrogen-bond acceptors (Lipinski definition) is 12. The zero-order valence-corrected chi connectivity index (χ0v) is 23.4. The minimum absolute atomic E-state index is 0. The zero-order chi connectivity index (χ0) is 33.1. The van der Waals surface area contributed by atoms with Crippen LogP contribution in [0.2, 0.25) is 0 Å². The average Bonchev–Trinajstić information content (AvgIpc) is 3.05. The van der Waals surface area contributed by atoms with Crippen LogP contribution >= 0.6 is 0 Å². The number of benzene rings is 4. The first-order valence-electron chi connectivity index (χ1n) is 11.3. The Bertz CT molecular complexity index is 1540. The fraction of sp³-hybridized carbons (Fsp3) is 0. The van der Waals surface area contributed by atoms with Gasteiger partial charge in [0.2, 0.25) is 21.6 Å². The largest absolute Gasteiger partial charge is 1.00 e. The van der Waals surface area contributed by atoms with Crippen LogP contribution in [0.5, 0.6) is 0 Å². The molecular weight excluding hydrogens is 660 g/mol. The molecule has 0 aliphatic heterocycles. The molecule has 0 bridgehead atoms. The molecule has 0 fully saturated rings. The van der Waals surface area contributed by atoms with Gasteiger partial charge in [0.1, 0.15) is 0 Å². The van der Waals surface area contributed by atoms with Crippen molar-refractivity contribution in [2.75, 3.05) is 0 Å². The fourth-order valence-electron chi connectivity index (χ4n) is 2.56. The molecule has 0 saturated heterocycles. The van der Waals surface area contributed by atoms with Crippen LogP contribution in [0.3, 0.4) is 0 Å². The molecule has 4 rings (SSSR count). The molecule has 0 aliphatic carbocycles. The second-order valence-corrected chi connectivity index (χ2v) is 7.49. The molecule has 48 heavy (non-hydrogen) atoms. The molecule has 4 aromatic carbocycles. The van der Waals surface area contributed by atoms with Crippen LogP contribution in [-0.2, 0) is 0 Å². The molecule has 248 valence electrons. The van der Waals surface area contributed by atoms with Crippen molar-refractivity contribution >= 4 is 45.5 Å². The Morgan fingerprint density at radius 1 is 0.333 bits per heavy atom. The van der Waals surface area contributed by atoms with Crippen molar-refractivity contribution in [3.8, 4) is 0 Å². The standard InChI is InChI=1S/4C6H4N3O2.4FH/c4*7-8-5-1-3-6(4-2-5)9(10)11;;;;/h4*1-4H;4*1H/q4*+1;;;;/p-4. The van der Waals surface area contributed by atoms with Crippen molar-refractivity contribution < 1.29 is 38.5 Å². The molecule has 24 heteroatoms. The van der Waals surface area contributed by atoms with Gasteiger partial charge in [-0.1, -0.05) is 0 Å². The van der Waals surface area contributed by atoms with Crippen LogP contribution in [0.4, 0.5) is 45.5 Å². The Morgan fingerprint density at radius 2 is 0.458 bits per heavy atom.